The second kappa shape index (κ2) is 9.13. The van der Waals surface area contributed by atoms with Crippen LogP contribution in [-0.2, 0) is 4.74 Å². The van der Waals surface area contributed by atoms with Crippen LogP contribution in [0.1, 0.15) is 50.0 Å². The molecule has 2 N–H and O–H groups in total. The molecule has 0 spiro atoms. The Bertz CT molecular complexity index is 1290. The van der Waals surface area contributed by atoms with E-state index in [1.165, 1.54) is 12.1 Å². The van der Waals surface area contributed by atoms with Gasteiger partial charge < -0.3 is 10.5 Å². The predicted molar refractivity (Wildman–Crippen MR) is 125 cm³/mol. The van der Waals surface area contributed by atoms with Gasteiger partial charge in [-0.2, -0.15) is 0 Å². The molecule has 1 aliphatic heterocycles. The van der Waals surface area contributed by atoms with Crippen LogP contribution >= 0.6 is 0 Å². The number of aliphatic imine (C=N–C) groups is 1. The van der Waals surface area contributed by atoms with E-state index in [4.69, 9.17) is 20.4 Å². The summed E-state index contributed by atoms with van der Waals surface area (Å²) in [4.78, 5) is 22.9. The highest BCUT2D eigenvalue weighted by molar-refractivity contribution is 5.87. The highest BCUT2D eigenvalue weighted by Gasteiger charge is 2.33. The van der Waals surface area contributed by atoms with E-state index >= 15 is 0 Å². The van der Waals surface area contributed by atoms with Gasteiger partial charge in [-0.1, -0.05) is 0 Å². The fourth-order valence-electron chi connectivity index (χ4n) is 4.28. The van der Waals surface area contributed by atoms with Crippen molar-refractivity contribution in [2.75, 3.05) is 0 Å². The van der Waals surface area contributed by atoms with E-state index in [9.17, 15) is 8.78 Å². The van der Waals surface area contributed by atoms with Gasteiger partial charge in [-0.15, -0.1) is 0 Å². The first-order valence-electron chi connectivity index (χ1n) is 11.5. The molecule has 34 heavy (non-hydrogen) atoms. The molecule has 3 heterocycles. The van der Waals surface area contributed by atoms with Crippen LogP contribution < -0.4 is 5.73 Å². The van der Waals surface area contributed by atoms with Crippen LogP contribution in [-0.4, -0.2) is 44.4 Å². The van der Waals surface area contributed by atoms with Crippen molar-refractivity contribution in [3.8, 4) is 11.3 Å². The molecular weight excluding hydrogens is 438 g/mol. The van der Waals surface area contributed by atoms with Crippen LogP contribution in [0.3, 0.4) is 0 Å². The van der Waals surface area contributed by atoms with E-state index < -0.39 is 11.6 Å². The van der Waals surface area contributed by atoms with Gasteiger partial charge in [-0.3, -0.25) is 4.99 Å². The smallest absolute Gasteiger partial charge is 0.182 e. The Morgan fingerprint density at radius 3 is 2.74 bits per heavy atom. The maximum absolute atomic E-state index is 14.7. The maximum Gasteiger partial charge on any atom is 0.182 e. The van der Waals surface area contributed by atoms with Crippen LogP contribution in [0.25, 0.3) is 22.4 Å². The van der Waals surface area contributed by atoms with Crippen molar-refractivity contribution < 1.29 is 13.5 Å². The number of hydrogen-bond donors (Lipinski definition) is 1. The molecule has 2 aliphatic rings. The molecule has 1 aromatic carbocycles. The van der Waals surface area contributed by atoms with Gasteiger partial charge in [0.1, 0.15) is 28.7 Å². The molecule has 9 heteroatoms. The SMILES string of the molecule is Cc1cnc2c(-c3ccc(F)cc3F)nc([C@H]3C[C@@H](C)O[C@@H](/C(C=NC4CC4)=C/N)C3)nc2n1. The fourth-order valence-corrected chi connectivity index (χ4v) is 4.28. The van der Waals surface area contributed by atoms with Crippen LogP contribution in [0, 0.1) is 18.6 Å². The summed E-state index contributed by atoms with van der Waals surface area (Å²) in [7, 11) is 0. The Morgan fingerprint density at radius 1 is 1.18 bits per heavy atom. The molecule has 5 rings (SSSR count). The summed E-state index contributed by atoms with van der Waals surface area (Å²) in [6.07, 6.45) is 8.11. The minimum atomic E-state index is -0.712. The molecule has 0 bridgehead atoms. The lowest BCUT2D eigenvalue weighted by molar-refractivity contribution is -0.0272. The molecule has 1 aliphatic carbocycles. The lowest BCUT2D eigenvalue weighted by Gasteiger charge is -2.33. The van der Waals surface area contributed by atoms with E-state index in [1.54, 1.807) is 12.4 Å². The molecule has 176 valence electrons. The third kappa shape index (κ3) is 4.65. The number of aryl methyl sites for hydroxylation is 1. The number of nitrogens with two attached hydrogens (primary N) is 1. The van der Waals surface area contributed by atoms with Gasteiger partial charge in [0.15, 0.2) is 5.65 Å². The minimum absolute atomic E-state index is 0.0677. The van der Waals surface area contributed by atoms with E-state index in [0.717, 1.165) is 24.5 Å². The molecular formula is C25H26F2N6O. The second-order valence-electron chi connectivity index (χ2n) is 9.02. The number of hydrogen-bond acceptors (Lipinski definition) is 7. The number of fused-ring (bicyclic) bond motifs is 1. The lowest BCUT2D eigenvalue weighted by atomic mass is 9.88. The number of aromatic nitrogens is 4. The summed E-state index contributed by atoms with van der Waals surface area (Å²) in [5.41, 5.74) is 8.62. The van der Waals surface area contributed by atoms with Crippen molar-refractivity contribution in [3.63, 3.8) is 0 Å². The molecule has 2 fully saturated rings. The average molecular weight is 465 g/mol. The zero-order chi connectivity index (χ0) is 23.8. The molecule has 7 nitrogen and oxygen atoms in total. The summed E-state index contributed by atoms with van der Waals surface area (Å²) >= 11 is 0. The summed E-state index contributed by atoms with van der Waals surface area (Å²) in [6, 6.07) is 3.80. The normalized spacial score (nSPS) is 23.6. The van der Waals surface area contributed by atoms with E-state index in [-0.39, 0.29) is 23.7 Å². The monoisotopic (exact) mass is 464 g/mol. The third-order valence-corrected chi connectivity index (χ3v) is 6.15. The van der Waals surface area contributed by atoms with Gasteiger partial charge in [-0.25, -0.2) is 28.7 Å². The van der Waals surface area contributed by atoms with Crippen molar-refractivity contribution in [2.45, 2.75) is 63.7 Å². The van der Waals surface area contributed by atoms with Gasteiger partial charge in [0.25, 0.3) is 0 Å². The average Bonchev–Trinajstić information content (AvgIpc) is 3.63. The topological polar surface area (TPSA) is 99.2 Å². The van der Waals surface area contributed by atoms with E-state index in [0.29, 0.717) is 47.3 Å². The molecule has 2 aromatic heterocycles. The molecule has 1 saturated heterocycles. The first kappa shape index (κ1) is 22.5. The van der Waals surface area contributed by atoms with Crippen molar-refractivity contribution in [2.24, 2.45) is 10.7 Å². The number of benzene rings is 1. The quantitative estimate of drug-likeness (QED) is 0.562. The maximum atomic E-state index is 14.7. The van der Waals surface area contributed by atoms with Gasteiger partial charge in [0, 0.05) is 41.7 Å². The van der Waals surface area contributed by atoms with E-state index in [1.807, 2.05) is 20.1 Å². The Labute approximate surface area is 196 Å². The van der Waals surface area contributed by atoms with Gasteiger partial charge in [-0.05, 0) is 51.7 Å². The Balaban J connectivity index is 1.56. The minimum Gasteiger partial charge on any atom is -0.404 e. The van der Waals surface area contributed by atoms with Gasteiger partial charge >= 0.3 is 0 Å². The Kier molecular flexibility index (Phi) is 6.03. The summed E-state index contributed by atoms with van der Waals surface area (Å²) in [5, 5.41) is 0. The van der Waals surface area contributed by atoms with Crippen LogP contribution in [0.2, 0.25) is 0 Å². The first-order valence-corrected chi connectivity index (χ1v) is 11.5. The fraction of sp³-hybridized carbons (Fsp3) is 0.400. The van der Waals surface area contributed by atoms with Gasteiger partial charge in [0.2, 0.25) is 0 Å². The number of rotatable bonds is 5. The number of halogens is 2. The van der Waals surface area contributed by atoms with Crippen molar-refractivity contribution >= 4 is 17.4 Å². The van der Waals surface area contributed by atoms with Crippen molar-refractivity contribution in [1.82, 2.24) is 19.9 Å². The molecule has 3 atom stereocenters. The summed E-state index contributed by atoms with van der Waals surface area (Å²) in [5.74, 6) is -0.915. The summed E-state index contributed by atoms with van der Waals surface area (Å²) < 4.78 is 34.5. The second-order valence-corrected chi connectivity index (χ2v) is 9.02. The largest absolute Gasteiger partial charge is 0.404 e. The number of nitrogens with zero attached hydrogens (tertiary/aromatic N) is 5. The number of ether oxygens (including phenoxy) is 1. The molecule has 0 unspecified atom stereocenters. The van der Waals surface area contributed by atoms with Crippen molar-refractivity contribution in [1.29, 1.82) is 0 Å². The molecule has 0 amide bonds. The molecule has 1 saturated carbocycles. The zero-order valence-corrected chi connectivity index (χ0v) is 19.1. The van der Waals surface area contributed by atoms with Gasteiger partial charge in [0.05, 0.1) is 23.9 Å². The standard InChI is InChI=1S/C25H26F2N6O/c1-13-11-30-23-22(19-6-3-17(26)9-20(19)27)32-24(33-25(23)31-13)15-7-14(2)34-21(8-15)16(10-28)12-29-18-4-5-18/h3,6,9-12,14-15,18,21H,4-5,7-8,28H2,1-2H3/b16-10+,29-12?/t14-,15+,21-/m1/s1. The van der Waals surface area contributed by atoms with E-state index in [2.05, 4.69) is 15.0 Å². The molecule has 0 radical (unpaired) electrons. The first-order chi connectivity index (χ1) is 16.4. The summed E-state index contributed by atoms with van der Waals surface area (Å²) in [6.45, 7) is 3.81. The van der Waals surface area contributed by atoms with Crippen LogP contribution in [0.5, 0.6) is 0 Å². The Hall–Kier alpha value is -3.33. The predicted octanol–water partition coefficient (Wildman–Crippen LogP) is 4.40. The van der Waals surface area contributed by atoms with Crippen LogP contribution in [0.4, 0.5) is 8.78 Å². The Morgan fingerprint density at radius 2 is 2.00 bits per heavy atom. The molecule has 3 aromatic rings. The third-order valence-electron chi connectivity index (χ3n) is 6.15. The zero-order valence-electron chi connectivity index (χ0n) is 19.1. The highest BCUT2D eigenvalue weighted by atomic mass is 19.1. The van der Waals surface area contributed by atoms with Crippen LogP contribution in [0.15, 0.2) is 41.2 Å². The highest BCUT2D eigenvalue weighted by Crippen LogP contribution is 2.36. The van der Waals surface area contributed by atoms with Crippen molar-refractivity contribution in [3.05, 3.63) is 59.3 Å². The lowest BCUT2D eigenvalue weighted by Crippen LogP contribution is -2.33.